The van der Waals surface area contributed by atoms with Crippen molar-refractivity contribution in [3.63, 3.8) is 0 Å². The van der Waals surface area contributed by atoms with Crippen LogP contribution in [0.1, 0.15) is 0 Å². The van der Waals surface area contributed by atoms with E-state index in [1.165, 1.54) is 0 Å². The number of aliphatic hydroxyl groups is 1. The molecule has 13 heavy (non-hydrogen) atoms. The molecular formula is C10H13O3. The topological polar surface area (TPSA) is 38.7 Å². The van der Waals surface area contributed by atoms with Gasteiger partial charge in [0.2, 0.25) is 0 Å². The van der Waals surface area contributed by atoms with Gasteiger partial charge in [0.25, 0.3) is 0 Å². The summed E-state index contributed by atoms with van der Waals surface area (Å²) in [6.07, 6.45) is 0. The summed E-state index contributed by atoms with van der Waals surface area (Å²) in [7, 11) is 0. The Bertz CT molecular complexity index is 211. The lowest BCUT2D eigenvalue weighted by molar-refractivity contribution is 0.0705. The molecule has 0 aliphatic carbocycles. The third-order valence-electron chi connectivity index (χ3n) is 1.42. The van der Waals surface area contributed by atoms with Crippen LogP contribution < -0.4 is 4.74 Å². The Labute approximate surface area is 77.9 Å². The minimum Gasteiger partial charge on any atom is -0.491 e. The lowest BCUT2D eigenvalue weighted by atomic mass is 10.3. The Morgan fingerprint density at radius 1 is 1.15 bits per heavy atom. The van der Waals surface area contributed by atoms with Crippen LogP contribution in [-0.4, -0.2) is 31.5 Å². The first-order valence-corrected chi connectivity index (χ1v) is 4.21. The van der Waals surface area contributed by atoms with Crippen molar-refractivity contribution >= 4 is 0 Å². The molecule has 0 amide bonds. The summed E-state index contributed by atoms with van der Waals surface area (Å²) in [5, 5.41) is 8.41. The minimum absolute atomic E-state index is 0.0559. The van der Waals surface area contributed by atoms with E-state index in [0.717, 1.165) is 5.75 Å². The van der Waals surface area contributed by atoms with Crippen LogP contribution in [0.4, 0.5) is 0 Å². The van der Waals surface area contributed by atoms with E-state index in [0.29, 0.717) is 19.8 Å². The van der Waals surface area contributed by atoms with E-state index < -0.39 is 0 Å². The number of aliphatic hydroxyl groups excluding tert-OH is 1. The first-order valence-electron chi connectivity index (χ1n) is 4.21. The summed E-state index contributed by atoms with van der Waals surface area (Å²) >= 11 is 0. The van der Waals surface area contributed by atoms with E-state index in [2.05, 4.69) is 6.07 Å². The third kappa shape index (κ3) is 4.50. The van der Waals surface area contributed by atoms with Crippen LogP contribution in [0, 0.1) is 6.07 Å². The van der Waals surface area contributed by atoms with Crippen molar-refractivity contribution in [1.29, 1.82) is 0 Å². The molecule has 0 spiro atoms. The lowest BCUT2D eigenvalue weighted by Crippen LogP contribution is -2.08. The maximum absolute atomic E-state index is 8.41. The molecule has 0 aliphatic heterocycles. The Hall–Kier alpha value is -1.06. The summed E-state index contributed by atoms with van der Waals surface area (Å²) in [6.45, 7) is 1.43. The van der Waals surface area contributed by atoms with Gasteiger partial charge in [-0.2, -0.15) is 0 Å². The Morgan fingerprint density at radius 2 is 1.92 bits per heavy atom. The molecule has 0 heterocycles. The Morgan fingerprint density at radius 3 is 2.62 bits per heavy atom. The van der Waals surface area contributed by atoms with Gasteiger partial charge < -0.3 is 14.6 Å². The highest BCUT2D eigenvalue weighted by Gasteiger charge is 1.90. The molecule has 1 aromatic rings. The van der Waals surface area contributed by atoms with Gasteiger partial charge in [-0.25, -0.2) is 0 Å². The largest absolute Gasteiger partial charge is 0.491 e. The van der Waals surface area contributed by atoms with E-state index >= 15 is 0 Å². The third-order valence-corrected chi connectivity index (χ3v) is 1.42. The summed E-state index contributed by atoms with van der Waals surface area (Å²) in [5.41, 5.74) is 0. The molecule has 0 bridgehead atoms. The normalized spacial score (nSPS) is 9.92. The van der Waals surface area contributed by atoms with Gasteiger partial charge in [-0.1, -0.05) is 12.1 Å². The van der Waals surface area contributed by atoms with Crippen LogP contribution in [0.3, 0.4) is 0 Å². The standard InChI is InChI=1S/C10H13O3/c11-6-7-12-8-9-13-10-4-2-1-3-5-10/h2-5,11H,6-9H2. The Kier molecular flexibility index (Phi) is 4.98. The van der Waals surface area contributed by atoms with Gasteiger partial charge in [0.15, 0.2) is 0 Å². The summed E-state index contributed by atoms with van der Waals surface area (Å²) in [6, 6.07) is 10.2. The monoisotopic (exact) mass is 181 g/mol. The van der Waals surface area contributed by atoms with Crippen LogP contribution in [0.25, 0.3) is 0 Å². The zero-order chi connectivity index (χ0) is 9.36. The molecule has 0 saturated carbocycles. The molecule has 71 valence electrons. The molecule has 1 aromatic carbocycles. The van der Waals surface area contributed by atoms with Crippen LogP contribution >= 0.6 is 0 Å². The number of ether oxygens (including phenoxy) is 2. The second-order valence-electron chi connectivity index (χ2n) is 2.42. The van der Waals surface area contributed by atoms with E-state index in [1.807, 2.05) is 12.1 Å². The predicted octanol–water partition coefficient (Wildman–Crippen LogP) is 0.874. The number of rotatable bonds is 6. The fourth-order valence-electron chi connectivity index (χ4n) is 0.853. The van der Waals surface area contributed by atoms with Crippen LogP contribution in [-0.2, 0) is 4.74 Å². The summed E-state index contributed by atoms with van der Waals surface area (Å²) in [5.74, 6) is 0.811. The van der Waals surface area contributed by atoms with Gasteiger partial charge in [0, 0.05) is 0 Å². The second-order valence-corrected chi connectivity index (χ2v) is 2.42. The molecule has 0 aromatic heterocycles. The molecule has 0 aliphatic rings. The molecule has 0 unspecified atom stereocenters. The molecular weight excluding hydrogens is 168 g/mol. The van der Waals surface area contributed by atoms with Crippen molar-refractivity contribution in [2.45, 2.75) is 0 Å². The quantitative estimate of drug-likeness (QED) is 0.662. The van der Waals surface area contributed by atoms with Crippen molar-refractivity contribution in [2.24, 2.45) is 0 Å². The number of hydrogen-bond acceptors (Lipinski definition) is 3. The summed E-state index contributed by atoms with van der Waals surface area (Å²) < 4.78 is 10.3. The van der Waals surface area contributed by atoms with Crippen molar-refractivity contribution in [1.82, 2.24) is 0 Å². The van der Waals surface area contributed by atoms with Gasteiger partial charge in [-0.05, 0) is 18.2 Å². The van der Waals surface area contributed by atoms with Crippen LogP contribution in [0.2, 0.25) is 0 Å². The first-order chi connectivity index (χ1) is 6.43. The molecule has 0 atom stereocenters. The van der Waals surface area contributed by atoms with Gasteiger partial charge >= 0.3 is 0 Å². The average molecular weight is 181 g/mol. The maximum Gasteiger partial charge on any atom is 0.119 e. The zero-order valence-electron chi connectivity index (χ0n) is 7.40. The van der Waals surface area contributed by atoms with E-state index in [1.54, 1.807) is 12.1 Å². The highest BCUT2D eigenvalue weighted by Crippen LogP contribution is 2.06. The predicted molar refractivity (Wildman–Crippen MR) is 48.7 cm³/mol. The van der Waals surface area contributed by atoms with Crippen molar-refractivity contribution in [3.05, 3.63) is 30.3 Å². The maximum atomic E-state index is 8.41. The molecule has 1 radical (unpaired) electrons. The SMILES string of the molecule is OCCOCCOc1cc[c]cc1. The van der Waals surface area contributed by atoms with Gasteiger partial charge in [0.1, 0.15) is 12.4 Å². The van der Waals surface area contributed by atoms with Gasteiger partial charge in [-0.3, -0.25) is 0 Å². The molecule has 0 saturated heterocycles. The minimum atomic E-state index is 0.0559. The zero-order valence-corrected chi connectivity index (χ0v) is 7.40. The fraction of sp³-hybridized carbons (Fsp3) is 0.400. The van der Waals surface area contributed by atoms with Crippen molar-refractivity contribution < 1.29 is 14.6 Å². The highest BCUT2D eigenvalue weighted by atomic mass is 16.5. The average Bonchev–Trinajstić information content (AvgIpc) is 2.19. The van der Waals surface area contributed by atoms with Gasteiger partial charge in [-0.15, -0.1) is 0 Å². The van der Waals surface area contributed by atoms with Crippen molar-refractivity contribution in [3.8, 4) is 5.75 Å². The summed E-state index contributed by atoms with van der Waals surface area (Å²) in [4.78, 5) is 0. The fourth-order valence-corrected chi connectivity index (χ4v) is 0.853. The second kappa shape index (κ2) is 6.46. The van der Waals surface area contributed by atoms with E-state index in [-0.39, 0.29) is 6.61 Å². The Balaban J connectivity index is 2.07. The molecule has 1 N–H and O–H groups in total. The molecule has 3 heteroatoms. The lowest BCUT2D eigenvalue weighted by Gasteiger charge is -2.05. The molecule has 0 fully saturated rings. The smallest absolute Gasteiger partial charge is 0.119 e. The van der Waals surface area contributed by atoms with E-state index in [9.17, 15) is 0 Å². The van der Waals surface area contributed by atoms with Crippen molar-refractivity contribution in [2.75, 3.05) is 26.4 Å². The number of benzene rings is 1. The van der Waals surface area contributed by atoms with Gasteiger partial charge in [0.05, 0.1) is 19.8 Å². The van der Waals surface area contributed by atoms with Crippen LogP contribution in [0.5, 0.6) is 5.75 Å². The molecule has 3 nitrogen and oxygen atoms in total. The number of hydrogen-bond donors (Lipinski definition) is 1. The first kappa shape index (κ1) is 10.0. The van der Waals surface area contributed by atoms with E-state index in [4.69, 9.17) is 14.6 Å². The highest BCUT2D eigenvalue weighted by molar-refractivity contribution is 5.20. The van der Waals surface area contributed by atoms with Crippen LogP contribution in [0.15, 0.2) is 24.3 Å². The molecule has 1 rings (SSSR count).